The van der Waals surface area contributed by atoms with Gasteiger partial charge in [0, 0.05) is 42.7 Å². The number of aryl methyl sites for hydroxylation is 8. The van der Waals surface area contributed by atoms with Crippen LogP contribution in [0.5, 0.6) is 0 Å². The van der Waals surface area contributed by atoms with E-state index >= 15 is 0 Å². The summed E-state index contributed by atoms with van der Waals surface area (Å²) in [6.07, 6.45) is 20.8. The maximum Gasteiger partial charge on any atom is 0.306 e. The number of hydrogen-bond donors (Lipinski definition) is 0. The molecule has 0 bridgehead atoms. The zero-order valence-electron chi connectivity index (χ0n) is 57.8. The highest BCUT2D eigenvalue weighted by Gasteiger charge is 2.16. The Labute approximate surface area is 520 Å². The van der Waals surface area contributed by atoms with Crippen LogP contribution in [0.1, 0.15) is 161 Å². The highest BCUT2D eigenvalue weighted by atomic mass is 32.1. The fraction of sp³-hybridized carbons (Fsp3) is 0.412. The van der Waals surface area contributed by atoms with E-state index in [4.69, 9.17) is 4.42 Å². The van der Waals surface area contributed by atoms with Gasteiger partial charge in [-0.05, 0) is 95.2 Å². The number of benzene rings is 4. The second kappa shape index (κ2) is 46.0. The first-order chi connectivity index (χ1) is 42.0. The predicted molar refractivity (Wildman–Crippen MR) is 363 cm³/mol. The number of fused-ring (bicyclic) bond motifs is 6. The molecule has 8 aromatic heterocycles. The van der Waals surface area contributed by atoms with Gasteiger partial charge >= 0.3 is 25.3 Å². The molecule has 86 heavy (non-hydrogen) atoms. The lowest BCUT2D eigenvalue weighted by Crippen LogP contribution is -2.37. The Balaban J connectivity index is 0. The van der Waals surface area contributed by atoms with Crippen molar-refractivity contribution in [3.8, 4) is 22.9 Å². The number of hydrogen-bond acceptors (Lipinski definition) is 10. The van der Waals surface area contributed by atoms with E-state index in [2.05, 4.69) is 113 Å². The smallest absolute Gasteiger partial charge is 0.306 e. The maximum absolute atomic E-state index is 5.90. The van der Waals surface area contributed by atoms with Gasteiger partial charge in [0.1, 0.15) is 57.7 Å². The summed E-state index contributed by atoms with van der Waals surface area (Å²) in [5, 5.41) is 4.93. The molecule has 0 unspecified atom stereocenters. The van der Waals surface area contributed by atoms with Gasteiger partial charge in [-0.2, -0.15) is 18.7 Å². The molecule has 8 heterocycles. The first kappa shape index (κ1) is 79.7. The SMILES string of the molecule is CC.CC.CC.CC.CC.CC.CC.CC.CC.CC.Cc1cc2oc3ccccc3c2cc1-n1cnc[n+]1C.Cc1cc2sc3ccccc3c2cc1-n1cnc[n+]1C.Cc1cncnc1-n1cnc[n+]1C.Cc1ncncc1-n1cnc[n+]1C. The monoisotopic (exact) mass is 1200 g/mol. The van der Waals surface area contributed by atoms with Crippen LogP contribution in [0, 0.1) is 27.7 Å². The molecule has 12 aromatic rings. The van der Waals surface area contributed by atoms with Crippen molar-refractivity contribution in [3.05, 3.63) is 171 Å². The topological polar surface area (TPSA) is 152 Å². The molecule has 0 saturated carbocycles. The second-order valence-corrected chi connectivity index (χ2v) is 16.8. The lowest BCUT2D eigenvalue weighted by Gasteiger charge is -2.06. The third-order valence-electron chi connectivity index (χ3n) is 11.1. The molecule has 0 fully saturated rings. The van der Waals surface area contributed by atoms with Gasteiger partial charge in [-0.25, -0.2) is 19.9 Å². The fourth-order valence-corrected chi connectivity index (χ4v) is 8.85. The maximum atomic E-state index is 5.90. The van der Waals surface area contributed by atoms with E-state index in [-0.39, 0.29) is 0 Å². The van der Waals surface area contributed by atoms with Crippen LogP contribution in [-0.4, -0.2) is 58.6 Å². The van der Waals surface area contributed by atoms with Gasteiger partial charge in [-0.15, -0.1) is 30.1 Å². The summed E-state index contributed by atoms with van der Waals surface area (Å²) in [4.78, 5) is 32.6. The zero-order chi connectivity index (χ0) is 65.9. The average Bonchev–Trinajstić information content (AvgIpc) is 2.47. The van der Waals surface area contributed by atoms with Gasteiger partial charge < -0.3 is 4.42 Å². The van der Waals surface area contributed by atoms with Gasteiger partial charge in [-0.1, -0.05) is 175 Å². The minimum atomic E-state index is 0.856. The number of thiophene rings is 1. The van der Waals surface area contributed by atoms with E-state index in [1.54, 1.807) is 44.0 Å². The third kappa shape index (κ3) is 21.6. The van der Waals surface area contributed by atoms with Crippen LogP contribution in [-0.2, 0) is 28.2 Å². The van der Waals surface area contributed by atoms with Crippen molar-refractivity contribution in [3.63, 3.8) is 0 Å². The van der Waals surface area contributed by atoms with Crippen LogP contribution in [0.3, 0.4) is 0 Å². The average molecular weight is 1200 g/mol. The summed E-state index contributed by atoms with van der Waals surface area (Å²) in [5.74, 6) is 0.856. The van der Waals surface area contributed by atoms with Crippen molar-refractivity contribution in [1.29, 1.82) is 0 Å². The molecule has 0 radical (unpaired) electrons. The Hall–Kier alpha value is -8.38. The Morgan fingerprint density at radius 1 is 0.360 bits per heavy atom. The van der Waals surface area contributed by atoms with Crippen molar-refractivity contribution in [2.45, 2.75) is 166 Å². The molecule has 0 spiro atoms. The van der Waals surface area contributed by atoms with E-state index in [1.165, 1.54) is 44.1 Å². The summed E-state index contributed by atoms with van der Waals surface area (Å²) >= 11 is 1.85. The molecule has 18 heteroatoms. The largest absolute Gasteiger partial charge is 0.456 e. The van der Waals surface area contributed by atoms with E-state index < -0.39 is 0 Å². The number of para-hydroxylation sites is 1. The van der Waals surface area contributed by atoms with E-state index in [9.17, 15) is 0 Å². The van der Waals surface area contributed by atoms with Crippen LogP contribution in [0.25, 0.3) is 65.0 Å². The molecule has 4 aromatic carbocycles. The van der Waals surface area contributed by atoms with Crippen LogP contribution < -0.4 is 18.7 Å². The van der Waals surface area contributed by atoms with Crippen LogP contribution in [0.15, 0.2) is 153 Å². The summed E-state index contributed by atoms with van der Waals surface area (Å²) < 4.78 is 24.1. The molecule has 17 nitrogen and oxygen atoms in total. The highest BCUT2D eigenvalue weighted by molar-refractivity contribution is 7.25. The van der Waals surface area contributed by atoms with E-state index in [0.717, 1.165) is 56.0 Å². The van der Waals surface area contributed by atoms with Crippen LogP contribution in [0.4, 0.5) is 0 Å². The molecule has 0 aliphatic carbocycles. The molecular weight excluding hydrogens is 1090 g/mol. The number of rotatable bonds is 4. The summed E-state index contributed by atoms with van der Waals surface area (Å²) in [7, 11) is 7.81. The van der Waals surface area contributed by atoms with Gasteiger partial charge in [0.25, 0.3) is 0 Å². The molecule has 0 atom stereocenters. The summed E-state index contributed by atoms with van der Waals surface area (Å²) in [6.45, 7) is 48.1. The molecule has 0 aliphatic heterocycles. The van der Waals surface area contributed by atoms with Crippen LogP contribution >= 0.6 is 11.3 Å². The van der Waals surface area contributed by atoms with Crippen molar-refractivity contribution < 1.29 is 23.1 Å². The Bertz CT molecular complexity index is 3400. The van der Waals surface area contributed by atoms with Crippen molar-refractivity contribution in [2.75, 3.05) is 0 Å². The first-order valence-electron chi connectivity index (χ1n) is 31.0. The lowest BCUT2D eigenvalue weighted by molar-refractivity contribution is -0.745. The minimum absolute atomic E-state index is 0.856. The standard InChI is InChI=1S/C16H14N3O.C16H14N3S.2C8H10N5.10C2H6/c2*1-11-7-16-13(12-5-3-4-6-15(12)20-16)8-14(11)19-10-17-9-18(19)2;1-7-8(3-9-4-11-7)13-6-10-5-12(13)2;1-7-3-9-4-11-8(7)13-6-10-5-12(13)2;10*1-2/h2*3-10H,1-2H3;2*3-6H,1-2H3;10*1-2H3/q4*+1;;;;;;;;;;. The summed E-state index contributed by atoms with van der Waals surface area (Å²) in [5.41, 5.74) is 9.47. The Kier molecular flexibility index (Phi) is 42.6. The van der Waals surface area contributed by atoms with Crippen molar-refractivity contribution in [2.24, 2.45) is 28.2 Å². The molecule has 0 saturated heterocycles. The highest BCUT2D eigenvalue weighted by Crippen LogP contribution is 2.36. The van der Waals surface area contributed by atoms with Crippen molar-refractivity contribution in [1.82, 2.24) is 58.6 Å². The van der Waals surface area contributed by atoms with Gasteiger partial charge in [0.2, 0.25) is 25.3 Å². The first-order valence-corrected chi connectivity index (χ1v) is 31.8. The lowest BCUT2D eigenvalue weighted by atomic mass is 10.1. The van der Waals surface area contributed by atoms with Crippen LogP contribution in [0.2, 0.25) is 0 Å². The van der Waals surface area contributed by atoms with Crippen molar-refractivity contribution >= 4 is 53.4 Å². The van der Waals surface area contributed by atoms with Gasteiger partial charge in [0.05, 0.1) is 23.3 Å². The van der Waals surface area contributed by atoms with E-state index in [0.29, 0.717) is 0 Å². The zero-order valence-corrected chi connectivity index (χ0v) is 58.6. The van der Waals surface area contributed by atoms with Gasteiger partial charge in [0.15, 0.2) is 5.82 Å². The molecule has 468 valence electrons. The quantitative estimate of drug-likeness (QED) is 0.157. The Morgan fingerprint density at radius 2 is 0.767 bits per heavy atom. The second-order valence-electron chi connectivity index (χ2n) is 15.7. The fourth-order valence-electron chi connectivity index (χ4n) is 7.66. The Morgan fingerprint density at radius 3 is 1.23 bits per heavy atom. The predicted octanol–water partition coefficient (Wildman–Crippen LogP) is 16.1. The molecular formula is C68H108N16OS+4. The molecule has 0 N–H and O–H groups in total. The van der Waals surface area contributed by atoms with Gasteiger partial charge in [-0.3, -0.25) is 0 Å². The minimum Gasteiger partial charge on any atom is -0.456 e. The normalized spacial score (nSPS) is 9.16. The molecule has 12 rings (SSSR count). The number of aromatic nitrogens is 16. The molecule has 0 aliphatic rings. The molecule has 0 amide bonds. The number of furan rings is 1. The third-order valence-corrected chi connectivity index (χ3v) is 12.2. The summed E-state index contributed by atoms with van der Waals surface area (Å²) in [6, 6.07) is 25.5. The van der Waals surface area contributed by atoms with E-state index in [1.807, 2.05) is 262 Å². The number of nitrogens with zero attached hydrogens (tertiary/aromatic N) is 16.